The van der Waals surface area contributed by atoms with Crippen molar-refractivity contribution >= 4 is 23.8 Å². The fourth-order valence-electron chi connectivity index (χ4n) is 9.63. The molecule has 1 aromatic rings. The number of nitrogens with zero attached hydrogens (tertiary/aromatic N) is 3. The van der Waals surface area contributed by atoms with Crippen LogP contribution in [0.25, 0.3) is 0 Å². The highest BCUT2D eigenvalue weighted by Crippen LogP contribution is 2.42. The summed E-state index contributed by atoms with van der Waals surface area (Å²) in [6.45, 7) is 18.3. The maximum atomic E-state index is 14.5. The van der Waals surface area contributed by atoms with Crippen molar-refractivity contribution in [3.05, 3.63) is 18.7 Å². The summed E-state index contributed by atoms with van der Waals surface area (Å²) in [5.74, 6) is -5.37. The van der Waals surface area contributed by atoms with Gasteiger partial charge in [-0.15, -0.1) is 0 Å². The normalized spacial score (nSPS) is 42.8. The van der Waals surface area contributed by atoms with E-state index < -0.39 is 114 Å². The first-order valence-corrected chi connectivity index (χ1v) is 21.7. The SMILES string of the molecule is CC[C@@H]1OC(=O)[C@H](C)[C@@H](O[C@H]2C[C@@](C)(OC)[C@@H](OC(=O)n3ccnc3)[C@H](C)O2)[C@@H](C)C(O[C@@H]2O[C@H](C)C[C@H](N(C)C)[C@H]2OC(C)=O)[C@](C)(OC)C[C@@H](C)C(=O)[C@@H](C)[C@H](O)[C@]1(C)O. The molecule has 0 bridgehead atoms. The minimum atomic E-state index is -2.02. The first-order valence-electron chi connectivity index (χ1n) is 21.7. The van der Waals surface area contributed by atoms with Crippen LogP contribution in [0.2, 0.25) is 0 Å². The number of esters is 2. The fourth-order valence-corrected chi connectivity index (χ4v) is 9.63. The van der Waals surface area contributed by atoms with E-state index in [1.54, 1.807) is 41.5 Å². The quantitative estimate of drug-likeness (QED) is 0.252. The van der Waals surface area contributed by atoms with Crippen molar-refractivity contribution in [1.29, 1.82) is 0 Å². The van der Waals surface area contributed by atoms with E-state index in [2.05, 4.69) is 4.98 Å². The molecule has 1 unspecified atom stereocenters. The molecule has 3 fully saturated rings. The van der Waals surface area contributed by atoms with Gasteiger partial charge in [0.2, 0.25) is 0 Å². The number of imidazole rings is 1. The first kappa shape index (κ1) is 51.6. The number of carbonyl (C=O) groups excluding carboxylic acids is 4. The minimum absolute atomic E-state index is 0.0397. The molecule has 354 valence electrons. The van der Waals surface area contributed by atoms with Crippen molar-refractivity contribution in [3.8, 4) is 0 Å². The van der Waals surface area contributed by atoms with Crippen LogP contribution in [0.3, 0.4) is 0 Å². The molecular formula is C44H73N3O15. The van der Waals surface area contributed by atoms with Gasteiger partial charge < -0.3 is 57.7 Å². The van der Waals surface area contributed by atoms with Crippen molar-refractivity contribution in [2.24, 2.45) is 23.7 Å². The monoisotopic (exact) mass is 884 g/mol. The second kappa shape index (κ2) is 20.8. The smallest absolute Gasteiger partial charge is 0.419 e. The highest BCUT2D eigenvalue weighted by molar-refractivity contribution is 5.83. The number of hydrogen-bond acceptors (Lipinski definition) is 17. The van der Waals surface area contributed by atoms with Crippen LogP contribution >= 0.6 is 0 Å². The number of ketones is 1. The van der Waals surface area contributed by atoms with Gasteiger partial charge in [0.05, 0.1) is 48.1 Å². The lowest BCUT2D eigenvalue weighted by Gasteiger charge is -2.50. The Morgan fingerprint density at radius 3 is 2.10 bits per heavy atom. The second-order valence-corrected chi connectivity index (χ2v) is 18.5. The van der Waals surface area contributed by atoms with Gasteiger partial charge >= 0.3 is 18.0 Å². The molecule has 18 nitrogen and oxygen atoms in total. The van der Waals surface area contributed by atoms with E-state index in [4.69, 9.17) is 42.6 Å². The van der Waals surface area contributed by atoms with Crippen LogP contribution in [-0.2, 0) is 57.0 Å². The topological polar surface area (TPSA) is 213 Å². The Labute approximate surface area is 366 Å². The van der Waals surface area contributed by atoms with Crippen LogP contribution < -0.4 is 0 Å². The summed E-state index contributed by atoms with van der Waals surface area (Å²) in [5.41, 5.74) is -4.50. The van der Waals surface area contributed by atoms with Crippen LogP contribution in [-0.4, -0.2) is 161 Å². The van der Waals surface area contributed by atoms with Gasteiger partial charge in [0, 0.05) is 57.7 Å². The lowest BCUT2D eigenvalue weighted by atomic mass is 9.74. The fraction of sp³-hybridized carbons (Fsp3) is 0.841. The van der Waals surface area contributed by atoms with Crippen molar-refractivity contribution in [1.82, 2.24) is 14.5 Å². The predicted molar refractivity (Wildman–Crippen MR) is 222 cm³/mol. The highest BCUT2D eigenvalue weighted by atomic mass is 16.7. The molecule has 0 amide bonds. The molecule has 4 rings (SSSR count). The summed E-state index contributed by atoms with van der Waals surface area (Å²) in [6.07, 6.45) is -5.78. The van der Waals surface area contributed by atoms with Crippen LogP contribution in [0.15, 0.2) is 18.7 Å². The van der Waals surface area contributed by atoms with Gasteiger partial charge in [0.25, 0.3) is 0 Å². The molecule has 0 saturated carbocycles. The van der Waals surface area contributed by atoms with E-state index in [1.807, 2.05) is 32.8 Å². The summed E-state index contributed by atoms with van der Waals surface area (Å²) >= 11 is 0. The zero-order chi connectivity index (χ0) is 46.6. The average Bonchev–Trinajstić information content (AvgIpc) is 3.76. The number of methoxy groups -OCH3 is 2. The van der Waals surface area contributed by atoms with Gasteiger partial charge in [-0.25, -0.2) is 14.3 Å². The summed E-state index contributed by atoms with van der Waals surface area (Å²) in [5, 5.41) is 23.4. The number of Topliss-reactive ketones (excluding diaryl/α,β-unsaturated/α-hetero) is 1. The molecule has 0 aliphatic carbocycles. The van der Waals surface area contributed by atoms with E-state index in [0.29, 0.717) is 6.42 Å². The Kier molecular flexibility index (Phi) is 17.3. The number of aromatic nitrogens is 2. The number of ether oxygens (including phenoxy) is 9. The molecule has 1 aromatic heterocycles. The van der Waals surface area contributed by atoms with Crippen LogP contribution in [0.4, 0.5) is 4.79 Å². The molecule has 4 heterocycles. The molecule has 0 aromatic carbocycles. The zero-order valence-electron chi connectivity index (χ0n) is 39.3. The van der Waals surface area contributed by atoms with E-state index in [9.17, 15) is 29.4 Å². The summed E-state index contributed by atoms with van der Waals surface area (Å²) in [7, 11) is 6.74. The van der Waals surface area contributed by atoms with Crippen LogP contribution in [0, 0.1) is 23.7 Å². The van der Waals surface area contributed by atoms with Gasteiger partial charge in [-0.3, -0.25) is 14.4 Å². The molecular weight excluding hydrogens is 810 g/mol. The number of hydrogen-bond donors (Lipinski definition) is 2. The van der Waals surface area contributed by atoms with Gasteiger partial charge in [0.15, 0.2) is 24.8 Å². The molecule has 3 saturated heterocycles. The maximum absolute atomic E-state index is 14.5. The van der Waals surface area contributed by atoms with Gasteiger partial charge in [-0.1, -0.05) is 27.7 Å². The molecule has 18 atom stereocenters. The van der Waals surface area contributed by atoms with Gasteiger partial charge in [-0.05, 0) is 74.9 Å². The molecule has 2 N–H and O–H groups in total. The number of likely N-dealkylation sites (N-methyl/N-ethyl adjacent to an activating group) is 1. The van der Waals surface area contributed by atoms with E-state index in [0.717, 1.165) is 0 Å². The number of aliphatic hydroxyl groups is 2. The zero-order valence-corrected chi connectivity index (χ0v) is 39.3. The first-order chi connectivity index (χ1) is 28.8. The molecule has 62 heavy (non-hydrogen) atoms. The third-order valence-corrected chi connectivity index (χ3v) is 13.4. The lowest BCUT2D eigenvalue weighted by molar-refractivity contribution is -0.320. The summed E-state index contributed by atoms with van der Waals surface area (Å²) < 4.78 is 58.3. The maximum Gasteiger partial charge on any atom is 0.419 e. The summed E-state index contributed by atoms with van der Waals surface area (Å²) in [4.78, 5) is 60.3. The highest BCUT2D eigenvalue weighted by Gasteiger charge is 2.55. The Bertz CT molecular complexity index is 1660. The molecule has 0 spiro atoms. The Balaban J connectivity index is 1.87. The Morgan fingerprint density at radius 2 is 1.55 bits per heavy atom. The van der Waals surface area contributed by atoms with Crippen molar-refractivity contribution in [3.63, 3.8) is 0 Å². The standard InChI is InChI=1S/C44H73N3O15/c1-16-31-44(11,53)36(50)25(4)33(49)23(2)20-42(9,54-14)37(61-40-35(58-29(8)48)30(46(12)13)19-24(3)56-40)26(5)34(27(6)39(51)59-31)60-32-21-43(10,55-15)38(28(7)57-32)62-41(52)47-18-17-45-22-47/h17-18,22-28,30-32,34-38,40,50,53H,16,19-21H2,1-15H3/t23-,24-,25-,26-,27-,28+,30+,31+,32+,34+,35-,36+,37?,38+,40+,42-,43-,44-/m1/s1. The van der Waals surface area contributed by atoms with Gasteiger partial charge in [0.1, 0.15) is 29.4 Å². The predicted octanol–water partition coefficient (Wildman–Crippen LogP) is 3.90. The third kappa shape index (κ3) is 11.2. The number of carbonyl (C=O) groups is 4. The van der Waals surface area contributed by atoms with Crippen LogP contribution in [0.1, 0.15) is 102 Å². The summed E-state index contributed by atoms with van der Waals surface area (Å²) in [6, 6.07) is -0.308. The van der Waals surface area contributed by atoms with Crippen molar-refractivity contribution < 1.29 is 72.0 Å². The lowest BCUT2D eigenvalue weighted by Crippen LogP contribution is -2.62. The average molecular weight is 884 g/mol. The number of rotatable bonds is 10. The van der Waals surface area contributed by atoms with Crippen molar-refractivity contribution in [2.45, 2.75) is 186 Å². The second-order valence-electron chi connectivity index (χ2n) is 18.5. The largest absolute Gasteiger partial charge is 0.459 e. The molecule has 3 aliphatic rings. The van der Waals surface area contributed by atoms with E-state index in [-0.39, 0.29) is 37.2 Å². The van der Waals surface area contributed by atoms with E-state index >= 15 is 0 Å². The number of aliphatic hydroxyl groups excluding tert-OH is 1. The van der Waals surface area contributed by atoms with Crippen LogP contribution in [0.5, 0.6) is 0 Å². The van der Waals surface area contributed by atoms with Gasteiger partial charge in [-0.2, -0.15) is 0 Å². The Morgan fingerprint density at radius 1 is 0.919 bits per heavy atom. The minimum Gasteiger partial charge on any atom is -0.459 e. The molecule has 3 aliphatic heterocycles. The Hall–Kier alpha value is -3.07. The third-order valence-electron chi connectivity index (χ3n) is 13.4. The number of cyclic esters (lactones) is 1. The molecule has 18 heteroatoms. The molecule has 0 radical (unpaired) electrons. The van der Waals surface area contributed by atoms with E-state index in [1.165, 1.54) is 58.3 Å². The van der Waals surface area contributed by atoms with Crippen molar-refractivity contribution in [2.75, 3.05) is 28.3 Å².